The van der Waals surface area contributed by atoms with Crippen molar-refractivity contribution in [3.63, 3.8) is 0 Å². The van der Waals surface area contributed by atoms with Gasteiger partial charge in [0, 0.05) is 11.6 Å². The lowest BCUT2D eigenvalue weighted by Gasteiger charge is -2.35. The SMILES string of the molecule is O=C(NO)N1N=C(c2cc(F)ccc2F)SC1(CCCNC1C=CCCC1)c1ccccc1. The van der Waals surface area contributed by atoms with Crippen LogP contribution in [0.2, 0.25) is 0 Å². The summed E-state index contributed by atoms with van der Waals surface area (Å²) in [6.45, 7) is 0.711. The first-order valence-corrected chi connectivity index (χ1v) is 11.8. The number of hydrogen-bond acceptors (Lipinski definition) is 5. The molecule has 0 saturated heterocycles. The number of thioether (sulfide) groups is 1. The van der Waals surface area contributed by atoms with Crippen LogP contribution in [-0.4, -0.2) is 33.9 Å². The van der Waals surface area contributed by atoms with Gasteiger partial charge in [0.25, 0.3) is 0 Å². The van der Waals surface area contributed by atoms with Gasteiger partial charge in [0.05, 0.1) is 0 Å². The Morgan fingerprint density at radius 1 is 1.24 bits per heavy atom. The summed E-state index contributed by atoms with van der Waals surface area (Å²) in [5.74, 6) is -1.24. The van der Waals surface area contributed by atoms with Crippen LogP contribution in [0.25, 0.3) is 0 Å². The van der Waals surface area contributed by atoms with Gasteiger partial charge in [-0.25, -0.2) is 19.1 Å². The van der Waals surface area contributed by atoms with E-state index in [0.717, 1.165) is 48.0 Å². The van der Waals surface area contributed by atoms with Gasteiger partial charge in [-0.3, -0.25) is 5.21 Å². The van der Waals surface area contributed by atoms with Crippen LogP contribution in [0.3, 0.4) is 0 Å². The molecule has 2 aromatic carbocycles. The summed E-state index contributed by atoms with van der Waals surface area (Å²) < 4.78 is 28.4. The van der Waals surface area contributed by atoms with Gasteiger partial charge in [-0.1, -0.05) is 54.2 Å². The smallest absolute Gasteiger partial charge is 0.311 e. The molecule has 0 fully saturated rings. The van der Waals surface area contributed by atoms with Gasteiger partial charge in [-0.15, -0.1) is 0 Å². The van der Waals surface area contributed by atoms with Crippen molar-refractivity contribution >= 4 is 22.8 Å². The highest BCUT2D eigenvalue weighted by Gasteiger charge is 2.48. The first-order chi connectivity index (χ1) is 16.0. The van der Waals surface area contributed by atoms with Crippen molar-refractivity contribution in [1.82, 2.24) is 15.8 Å². The van der Waals surface area contributed by atoms with Gasteiger partial charge >= 0.3 is 6.03 Å². The Morgan fingerprint density at radius 2 is 2.06 bits per heavy atom. The molecule has 9 heteroatoms. The van der Waals surface area contributed by atoms with Gasteiger partial charge < -0.3 is 5.32 Å². The second-order valence-corrected chi connectivity index (χ2v) is 9.30. The summed E-state index contributed by atoms with van der Waals surface area (Å²) in [5, 5.41) is 18.6. The van der Waals surface area contributed by atoms with Gasteiger partial charge in [-0.05, 0) is 62.4 Å². The quantitative estimate of drug-likeness (QED) is 0.227. The molecule has 0 radical (unpaired) electrons. The number of halogens is 2. The minimum Gasteiger partial charge on any atom is -0.311 e. The zero-order chi connectivity index (χ0) is 23.3. The molecule has 6 nitrogen and oxygen atoms in total. The third-order valence-corrected chi connectivity index (χ3v) is 7.27. The minimum atomic E-state index is -1.04. The van der Waals surface area contributed by atoms with Gasteiger partial charge in [-0.2, -0.15) is 10.1 Å². The molecular formula is C24H26F2N4O2S. The fourth-order valence-corrected chi connectivity index (χ4v) is 5.62. The van der Waals surface area contributed by atoms with Crippen LogP contribution in [0.5, 0.6) is 0 Å². The molecule has 1 heterocycles. The molecule has 1 aliphatic carbocycles. The summed E-state index contributed by atoms with van der Waals surface area (Å²) in [7, 11) is 0. The number of urea groups is 1. The predicted molar refractivity (Wildman–Crippen MR) is 125 cm³/mol. The minimum absolute atomic E-state index is 0.0287. The maximum absolute atomic E-state index is 14.6. The number of carbonyl (C=O) groups excluding carboxylic acids is 1. The van der Waals surface area contributed by atoms with Gasteiger partial charge in [0.1, 0.15) is 21.5 Å². The first-order valence-electron chi connectivity index (χ1n) is 11.0. The molecule has 2 unspecified atom stereocenters. The van der Waals surface area contributed by atoms with Crippen LogP contribution in [0.15, 0.2) is 65.8 Å². The van der Waals surface area contributed by atoms with Crippen molar-refractivity contribution in [3.8, 4) is 0 Å². The summed E-state index contributed by atoms with van der Waals surface area (Å²) in [5.41, 5.74) is 2.39. The first kappa shape index (κ1) is 23.4. The highest BCUT2D eigenvalue weighted by molar-refractivity contribution is 8.15. The molecule has 1 aliphatic heterocycles. The van der Waals surface area contributed by atoms with Crippen molar-refractivity contribution in [2.24, 2.45) is 5.10 Å². The molecular weight excluding hydrogens is 446 g/mol. The third kappa shape index (κ3) is 5.10. The average Bonchev–Trinajstić information content (AvgIpc) is 3.24. The van der Waals surface area contributed by atoms with Crippen LogP contribution >= 0.6 is 11.8 Å². The average molecular weight is 473 g/mol. The second-order valence-electron chi connectivity index (χ2n) is 8.03. The van der Waals surface area contributed by atoms with E-state index in [1.165, 1.54) is 11.8 Å². The number of allylic oxidation sites excluding steroid dienone is 1. The fourth-order valence-electron chi connectivity index (χ4n) is 4.20. The van der Waals surface area contributed by atoms with E-state index in [2.05, 4.69) is 22.6 Å². The normalized spacial score (nSPS) is 22.3. The van der Waals surface area contributed by atoms with E-state index in [1.807, 2.05) is 30.3 Å². The number of nitrogens with one attached hydrogen (secondary N) is 2. The van der Waals surface area contributed by atoms with Crippen molar-refractivity contribution in [2.75, 3.05) is 6.54 Å². The highest BCUT2D eigenvalue weighted by atomic mass is 32.2. The summed E-state index contributed by atoms with van der Waals surface area (Å²) >= 11 is 1.18. The maximum Gasteiger partial charge on any atom is 0.363 e. The van der Waals surface area contributed by atoms with Crippen LogP contribution < -0.4 is 10.8 Å². The van der Waals surface area contributed by atoms with Gasteiger partial charge in [0.2, 0.25) is 0 Å². The van der Waals surface area contributed by atoms with E-state index < -0.39 is 22.5 Å². The van der Waals surface area contributed by atoms with Gasteiger partial charge in [0.15, 0.2) is 0 Å². The number of hydrazone groups is 1. The summed E-state index contributed by atoms with van der Waals surface area (Å²) in [4.78, 5) is 11.6. The molecule has 0 aromatic heterocycles. The predicted octanol–water partition coefficient (Wildman–Crippen LogP) is 5.11. The molecule has 174 valence electrons. The zero-order valence-corrected chi connectivity index (χ0v) is 18.8. The molecule has 2 aliphatic rings. The molecule has 0 saturated carbocycles. The third-order valence-electron chi connectivity index (χ3n) is 5.82. The molecule has 2 aromatic rings. The Labute approximate surface area is 195 Å². The maximum atomic E-state index is 14.6. The number of benzene rings is 2. The second kappa shape index (κ2) is 10.5. The molecule has 0 bridgehead atoms. The summed E-state index contributed by atoms with van der Waals surface area (Å²) in [6.07, 6.45) is 8.87. The molecule has 3 N–H and O–H groups in total. The lowest BCUT2D eigenvalue weighted by Crippen LogP contribution is -2.46. The molecule has 4 rings (SSSR count). The Balaban J connectivity index is 1.63. The Hall–Kier alpha value is -2.75. The molecule has 0 spiro atoms. The van der Waals surface area contributed by atoms with Crippen molar-refractivity contribution in [1.29, 1.82) is 0 Å². The number of rotatable bonds is 7. The van der Waals surface area contributed by atoms with Crippen molar-refractivity contribution in [2.45, 2.75) is 43.0 Å². The number of nitrogens with zero attached hydrogens (tertiary/aromatic N) is 2. The zero-order valence-electron chi connectivity index (χ0n) is 18.0. The highest BCUT2D eigenvalue weighted by Crippen LogP contribution is 2.50. The van der Waals surface area contributed by atoms with Crippen LogP contribution in [0.4, 0.5) is 13.6 Å². The van der Waals surface area contributed by atoms with E-state index in [1.54, 1.807) is 5.48 Å². The monoisotopic (exact) mass is 472 g/mol. The van der Waals surface area contributed by atoms with E-state index in [0.29, 0.717) is 25.4 Å². The summed E-state index contributed by atoms with van der Waals surface area (Å²) in [6, 6.07) is 11.9. The van der Waals surface area contributed by atoms with E-state index in [4.69, 9.17) is 0 Å². The lowest BCUT2D eigenvalue weighted by atomic mass is 9.99. The standard InChI is InChI=1S/C24H26F2N4O2S/c25-18-12-13-21(26)20(16-18)22-28-30(23(31)29-32)24(33-22,17-8-3-1-4-9-17)14-7-15-27-19-10-5-2-6-11-19/h1,3-5,8-10,12-13,16,19,27,32H,2,6-7,11,14-15H2,(H,29,31). The van der Waals surface area contributed by atoms with Crippen LogP contribution in [-0.2, 0) is 4.87 Å². The van der Waals surface area contributed by atoms with Crippen LogP contribution in [0, 0.1) is 11.6 Å². The van der Waals surface area contributed by atoms with E-state index in [-0.39, 0.29) is 10.6 Å². The van der Waals surface area contributed by atoms with E-state index in [9.17, 15) is 18.8 Å². The topological polar surface area (TPSA) is 77.0 Å². The Kier molecular flexibility index (Phi) is 7.42. The molecule has 2 amide bonds. The largest absolute Gasteiger partial charge is 0.363 e. The Morgan fingerprint density at radius 3 is 2.79 bits per heavy atom. The van der Waals surface area contributed by atoms with Crippen molar-refractivity contribution < 1.29 is 18.8 Å². The number of amides is 2. The van der Waals surface area contributed by atoms with E-state index >= 15 is 0 Å². The number of carbonyl (C=O) groups is 1. The number of hydroxylamine groups is 1. The number of hydrogen-bond donors (Lipinski definition) is 3. The van der Waals surface area contributed by atoms with Crippen molar-refractivity contribution in [3.05, 3.63) is 83.4 Å². The Bertz CT molecular complexity index is 1050. The molecule has 2 atom stereocenters. The van der Waals surface area contributed by atoms with Crippen LogP contribution in [0.1, 0.15) is 43.2 Å². The lowest BCUT2D eigenvalue weighted by molar-refractivity contribution is 0.107. The fraction of sp³-hybridized carbons (Fsp3) is 0.333. The molecule has 33 heavy (non-hydrogen) atoms.